The minimum absolute atomic E-state index is 0.860. The average Bonchev–Trinajstić information content (AvgIpc) is 2.61. The zero-order valence-corrected chi connectivity index (χ0v) is 11.3. The highest BCUT2D eigenvalue weighted by atomic mass is 79.9. The second kappa shape index (κ2) is 4.33. The predicted octanol–water partition coefficient (Wildman–Crippen LogP) is 2.73. The summed E-state index contributed by atoms with van der Waals surface area (Å²) in [6.45, 7) is 2.01. The Bertz CT molecular complexity index is 466. The summed E-state index contributed by atoms with van der Waals surface area (Å²) in [6.07, 6.45) is 4.14. The van der Waals surface area contributed by atoms with E-state index in [-0.39, 0.29) is 0 Å². The van der Waals surface area contributed by atoms with Crippen LogP contribution in [0.15, 0.2) is 27.8 Å². The third-order valence-corrected chi connectivity index (χ3v) is 4.30. The summed E-state index contributed by atoms with van der Waals surface area (Å²) in [7, 11) is 0. The maximum Gasteiger partial charge on any atom is 0.0886 e. The van der Waals surface area contributed by atoms with Crippen LogP contribution in [0.1, 0.15) is 24.8 Å². The lowest BCUT2D eigenvalue weighted by atomic mass is 9.85. The normalized spacial score (nSPS) is 21.7. The summed E-state index contributed by atoms with van der Waals surface area (Å²) in [5.41, 5.74) is 3.46. The van der Waals surface area contributed by atoms with Gasteiger partial charge in [-0.3, -0.25) is 0 Å². The molecule has 0 saturated heterocycles. The van der Waals surface area contributed by atoms with Gasteiger partial charge in [0.2, 0.25) is 0 Å². The van der Waals surface area contributed by atoms with E-state index in [4.69, 9.17) is 5.84 Å². The summed E-state index contributed by atoms with van der Waals surface area (Å²) in [5.74, 6) is 6.35. The molecule has 3 rings (SSSR count). The van der Waals surface area contributed by atoms with Gasteiger partial charge in [-0.25, -0.2) is 0 Å². The Balaban J connectivity index is 1.89. The first-order valence-corrected chi connectivity index (χ1v) is 6.89. The lowest BCUT2D eigenvalue weighted by molar-refractivity contribution is 0.320. The zero-order valence-electron chi connectivity index (χ0n) is 9.69. The van der Waals surface area contributed by atoms with Crippen LogP contribution in [0, 0.1) is 5.92 Å². The quantitative estimate of drug-likeness (QED) is 0.673. The van der Waals surface area contributed by atoms with Crippen molar-refractivity contribution in [2.24, 2.45) is 16.9 Å². The number of halogens is 1. The van der Waals surface area contributed by atoms with Gasteiger partial charge in [0.1, 0.15) is 0 Å². The Morgan fingerprint density at radius 2 is 2.24 bits per heavy atom. The van der Waals surface area contributed by atoms with Crippen LogP contribution in [0.4, 0.5) is 5.69 Å². The van der Waals surface area contributed by atoms with E-state index in [0.717, 1.165) is 29.2 Å². The molecule has 0 amide bonds. The number of anilines is 1. The predicted molar refractivity (Wildman–Crippen MR) is 74.4 cm³/mol. The molecule has 90 valence electrons. The SMILES string of the molecule is N/N=C1\CN(CC2CCC2)c2ccc(Br)cc21. The monoisotopic (exact) mass is 293 g/mol. The van der Waals surface area contributed by atoms with Crippen molar-refractivity contribution in [3.05, 3.63) is 28.2 Å². The van der Waals surface area contributed by atoms with Gasteiger partial charge in [0, 0.05) is 22.3 Å². The molecule has 2 N–H and O–H groups in total. The topological polar surface area (TPSA) is 41.6 Å². The van der Waals surface area contributed by atoms with E-state index in [2.05, 4.69) is 44.1 Å². The van der Waals surface area contributed by atoms with E-state index in [1.54, 1.807) is 0 Å². The van der Waals surface area contributed by atoms with Crippen molar-refractivity contribution in [1.29, 1.82) is 0 Å². The van der Waals surface area contributed by atoms with Crippen molar-refractivity contribution in [3.8, 4) is 0 Å². The summed E-state index contributed by atoms with van der Waals surface area (Å²) < 4.78 is 1.09. The van der Waals surface area contributed by atoms with Gasteiger partial charge >= 0.3 is 0 Å². The Labute approximate surface area is 110 Å². The van der Waals surface area contributed by atoms with Crippen LogP contribution in [0.5, 0.6) is 0 Å². The molecule has 2 aliphatic rings. The number of nitrogens with two attached hydrogens (primary N) is 1. The molecule has 0 radical (unpaired) electrons. The van der Waals surface area contributed by atoms with Crippen LogP contribution >= 0.6 is 15.9 Å². The van der Waals surface area contributed by atoms with E-state index >= 15 is 0 Å². The Morgan fingerprint density at radius 1 is 1.41 bits per heavy atom. The molecule has 1 saturated carbocycles. The summed E-state index contributed by atoms with van der Waals surface area (Å²) in [5, 5.41) is 3.93. The van der Waals surface area contributed by atoms with E-state index in [1.807, 2.05) is 0 Å². The molecule has 1 fully saturated rings. The summed E-state index contributed by atoms with van der Waals surface area (Å²) in [6, 6.07) is 6.37. The van der Waals surface area contributed by atoms with Crippen LogP contribution in [0.2, 0.25) is 0 Å². The molecule has 17 heavy (non-hydrogen) atoms. The smallest absolute Gasteiger partial charge is 0.0886 e. The fourth-order valence-electron chi connectivity index (χ4n) is 2.63. The molecule has 0 bridgehead atoms. The van der Waals surface area contributed by atoms with Gasteiger partial charge in [-0.15, -0.1) is 0 Å². The van der Waals surface area contributed by atoms with Gasteiger partial charge < -0.3 is 10.7 Å². The van der Waals surface area contributed by atoms with E-state index in [0.29, 0.717) is 0 Å². The van der Waals surface area contributed by atoms with Gasteiger partial charge in [-0.1, -0.05) is 22.4 Å². The van der Waals surface area contributed by atoms with Crippen LogP contribution in [0.3, 0.4) is 0 Å². The van der Waals surface area contributed by atoms with Crippen molar-refractivity contribution >= 4 is 27.3 Å². The standard InChI is InChI=1S/C13H16BrN3/c14-10-4-5-13-11(6-10)12(16-15)8-17(13)7-9-2-1-3-9/h4-6,9H,1-3,7-8,15H2/b16-12+. The number of rotatable bonds is 2. The highest BCUT2D eigenvalue weighted by Crippen LogP contribution is 2.34. The molecule has 1 aromatic rings. The molecule has 3 nitrogen and oxygen atoms in total. The molecule has 1 aliphatic carbocycles. The minimum Gasteiger partial charge on any atom is -0.365 e. The first-order chi connectivity index (χ1) is 8.28. The van der Waals surface area contributed by atoms with Crippen LogP contribution < -0.4 is 10.7 Å². The van der Waals surface area contributed by atoms with Gasteiger partial charge in [-0.05, 0) is 37.0 Å². The molecule has 1 aromatic carbocycles. The third kappa shape index (κ3) is 1.95. The minimum atomic E-state index is 0.860. The maximum atomic E-state index is 5.48. The van der Waals surface area contributed by atoms with Crippen molar-refractivity contribution < 1.29 is 0 Å². The number of benzene rings is 1. The molecule has 4 heteroatoms. The fourth-order valence-corrected chi connectivity index (χ4v) is 2.99. The van der Waals surface area contributed by atoms with E-state index < -0.39 is 0 Å². The van der Waals surface area contributed by atoms with Gasteiger partial charge in [0.05, 0.1) is 12.3 Å². The number of nitrogens with zero attached hydrogens (tertiary/aromatic N) is 2. The average molecular weight is 294 g/mol. The molecular formula is C13H16BrN3. The Morgan fingerprint density at radius 3 is 2.88 bits per heavy atom. The van der Waals surface area contributed by atoms with Gasteiger partial charge in [-0.2, -0.15) is 5.10 Å². The molecule has 0 atom stereocenters. The lowest BCUT2D eigenvalue weighted by Crippen LogP contribution is -2.32. The fraction of sp³-hybridized carbons (Fsp3) is 0.462. The highest BCUT2D eigenvalue weighted by molar-refractivity contribution is 9.10. The second-order valence-electron chi connectivity index (χ2n) is 4.91. The van der Waals surface area contributed by atoms with Crippen LogP contribution in [0.25, 0.3) is 0 Å². The lowest BCUT2D eigenvalue weighted by Gasteiger charge is -2.31. The van der Waals surface area contributed by atoms with E-state index in [9.17, 15) is 0 Å². The van der Waals surface area contributed by atoms with Crippen molar-refractivity contribution in [1.82, 2.24) is 0 Å². The Kier molecular flexibility index (Phi) is 2.82. The molecule has 0 unspecified atom stereocenters. The van der Waals surface area contributed by atoms with Gasteiger partial charge in [0.25, 0.3) is 0 Å². The van der Waals surface area contributed by atoms with Crippen molar-refractivity contribution in [3.63, 3.8) is 0 Å². The van der Waals surface area contributed by atoms with Crippen molar-refractivity contribution in [2.45, 2.75) is 19.3 Å². The van der Waals surface area contributed by atoms with Crippen molar-refractivity contribution in [2.75, 3.05) is 18.0 Å². The molecule has 1 aliphatic heterocycles. The largest absolute Gasteiger partial charge is 0.365 e. The van der Waals surface area contributed by atoms with E-state index in [1.165, 1.54) is 30.5 Å². The molecule has 0 spiro atoms. The second-order valence-corrected chi connectivity index (χ2v) is 5.83. The third-order valence-electron chi connectivity index (χ3n) is 3.81. The number of hydrogen-bond donors (Lipinski definition) is 1. The summed E-state index contributed by atoms with van der Waals surface area (Å²) >= 11 is 3.50. The number of hydrazone groups is 1. The maximum absolute atomic E-state index is 5.48. The van der Waals surface area contributed by atoms with Crippen LogP contribution in [-0.4, -0.2) is 18.8 Å². The van der Waals surface area contributed by atoms with Gasteiger partial charge in [0.15, 0.2) is 0 Å². The molecular weight excluding hydrogens is 278 g/mol. The highest BCUT2D eigenvalue weighted by Gasteiger charge is 2.28. The number of hydrogen-bond acceptors (Lipinski definition) is 3. The first kappa shape index (κ1) is 11.1. The first-order valence-electron chi connectivity index (χ1n) is 6.09. The van der Waals surface area contributed by atoms with Crippen LogP contribution in [-0.2, 0) is 0 Å². The summed E-state index contributed by atoms with van der Waals surface area (Å²) in [4.78, 5) is 2.41. The molecule has 1 heterocycles. The Hall–Kier alpha value is -1.03. The molecule has 0 aromatic heterocycles. The zero-order chi connectivity index (χ0) is 11.8. The number of fused-ring (bicyclic) bond motifs is 1.